The molecule has 41 heavy (non-hydrogen) atoms. The fraction of sp³-hybridized carbons (Fsp3) is 0.724. The largest absolute Gasteiger partial charge is 0.472 e. The second-order valence-electron chi connectivity index (χ2n) is 12.7. The van der Waals surface area contributed by atoms with Gasteiger partial charge in [0.25, 0.3) is 0 Å². The number of aromatic nitrogens is 3. The number of ether oxygens (including phenoxy) is 3. The SMILES string of the molecule is CC(C)c1cnn2c(NC3CCN(C(=O)OC4CCNC4)CC3)cc(O[C@@H]3CCCN(C(=O)OC(C)(C)C)C3)nc12. The third-order valence-corrected chi connectivity index (χ3v) is 7.80. The minimum atomic E-state index is -0.544. The summed E-state index contributed by atoms with van der Waals surface area (Å²) in [5, 5.41) is 11.5. The van der Waals surface area contributed by atoms with Crippen molar-refractivity contribution in [3.8, 4) is 5.88 Å². The Bertz CT molecular complexity index is 1210. The molecule has 3 fully saturated rings. The molecule has 3 aliphatic rings. The van der Waals surface area contributed by atoms with Crippen LogP contribution in [-0.4, -0.2) is 99.7 Å². The van der Waals surface area contributed by atoms with Crippen molar-refractivity contribution in [3.63, 3.8) is 0 Å². The highest BCUT2D eigenvalue weighted by Gasteiger charge is 2.30. The highest BCUT2D eigenvalue weighted by atomic mass is 16.6. The molecule has 0 aromatic carbocycles. The van der Waals surface area contributed by atoms with E-state index in [0.29, 0.717) is 32.1 Å². The molecule has 2 atom stereocenters. The van der Waals surface area contributed by atoms with Gasteiger partial charge in [-0.1, -0.05) is 13.8 Å². The maximum atomic E-state index is 12.7. The van der Waals surface area contributed by atoms with Crippen LogP contribution >= 0.6 is 0 Å². The summed E-state index contributed by atoms with van der Waals surface area (Å²) in [6.07, 6.45) is 5.23. The van der Waals surface area contributed by atoms with Crippen molar-refractivity contribution in [3.05, 3.63) is 17.8 Å². The van der Waals surface area contributed by atoms with Crippen LogP contribution < -0.4 is 15.4 Å². The number of nitrogens with one attached hydrogen (secondary N) is 2. The molecule has 0 bridgehead atoms. The molecule has 0 saturated carbocycles. The first-order valence-corrected chi connectivity index (χ1v) is 15.0. The number of fused-ring (bicyclic) bond motifs is 1. The fourth-order valence-electron chi connectivity index (χ4n) is 5.59. The average molecular weight is 572 g/mol. The van der Waals surface area contributed by atoms with Crippen LogP contribution in [0.25, 0.3) is 5.65 Å². The zero-order chi connectivity index (χ0) is 29.1. The maximum Gasteiger partial charge on any atom is 0.410 e. The van der Waals surface area contributed by atoms with Gasteiger partial charge in [-0.3, -0.25) is 0 Å². The molecule has 12 nitrogen and oxygen atoms in total. The fourth-order valence-corrected chi connectivity index (χ4v) is 5.59. The Balaban J connectivity index is 1.26. The van der Waals surface area contributed by atoms with Crippen molar-refractivity contribution in [2.45, 2.75) is 96.5 Å². The van der Waals surface area contributed by atoms with E-state index in [1.165, 1.54) is 0 Å². The first-order chi connectivity index (χ1) is 19.6. The minimum Gasteiger partial charge on any atom is -0.472 e. The van der Waals surface area contributed by atoms with Crippen molar-refractivity contribution in [1.29, 1.82) is 0 Å². The molecule has 5 heterocycles. The predicted octanol–water partition coefficient (Wildman–Crippen LogP) is 4.01. The van der Waals surface area contributed by atoms with Crippen LogP contribution in [0.3, 0.4) is 0 Å². The van der Waals surface area contributed by atoms with Crippen molar-refractivity contribution in [2.24, 2.45) is 0 Å². The molecule has 5 rings (SSSR count). The molecule has 0 radical (unpaired) electrons. The summed E-state index contributed by atoms with van der Waals surface area (Å²) in [4.78, 5) is 33.7. The Morgan fingerprint density at radius 3 is 2.51 bits per heavy atom. The summed E-state index contributed by atoms with van der Waals surface area (Å²) in [6, 6.07) is 2.05. The van der Waals surface area contributed by atoms with Gasteiger partial charge in [-0.2, -0.15) is 14.6 Å². The highest BCUT2D eigenvalue weighted by Crippen LogP contribution is 2.28. The monoisotopic (exact) mass is 571 g/mol. The summed E-state index contributed by atoms with van der Waals surface area (Å²) >= 11 is 0. The third-order valence-electron chi connectivity index (χ3n) is 7.80. The van der Waals surface area contributed by atoms with Crippen molar-refractivity contribution in [2.75, 3.05) is 44.6 Å². The van der Waals surface area contributed by atoms with Crippen molar-refractivity contribution in [1.82, 2.24) is 29.7 Å². The van der Waals surface area contributed by atoms with Gasteiger partial charge < -0.3 is 34.6 Å². The van der Waals surface area contributed by atoms with E-state index in [4.69, 9.17) is 19.2 Å². The smallest absolute Gasteiger partial charge is 0.410 e. The number of rotatable bonds is 6. The van der Waals surface area contributed by atoms with Gasteiger partial charge in [-0.25, -0.2) is 9.59 Å². The lowest BCUT2D eigenvalue weighted by molar-refractivity contribution is 0.00723. The van der Waals surface area contributed by atoms with Crippen LogP contribution in [0.15, 0.2) is 12.3 Å². The number of hydrogen-bond acceptors (Lipinski definition) is 9. The summed E-state index contributed by atoms with van der Waals surface area (Å²) in [5.41, 5.74) is 1.25. The summed E-state index contributed by atoms with van der Waals surface area (Å²) in [7, 11) is 0. The highest BCUT2D eigenvalue weighted by molar-refractivity contribution is 5.68. The van der Waals surface area contributed by atoms with Crippen LogP contribution in [0, 0.1) is 0 Å². The van der Waals surface area contributed by atoms with Gasteiger partial charge in [0.15, 0.2) is 5.65 Å². The lowest BCUT2D eigenvalue weighted by Gasteiger charge is -2.34. The van der Waals surface area contributed by atoms with Crippen LogP contribution in [0.4, 0.5) is 15.4 Å². The lowest BCUT2D eigenvalue weighted by Crippen LogP contribution is -2.46. The standard InChI is InChI=1S/C29H45N7O5/c1-19(2)23-17-31-36-24(32-20-9-13-34(14-10-20)27(37)40-21-8-11-30-16-21)15-25(33-26(23)36)39-22-7-6-12-35(18-22)28(38)41-29(3,4)5/h15,17,19-22,30,32H,6-14,16,18H2,1-5H3/t21?,22-/m1/s1. The predicted molar refractivity (Wildman–Crippen MR) is 155 cm³/mol. The molecule has 2 aromatic rings. The van der Waals surface area contributed by atoms with Gasteiger partial charge in [-0.15, -0.1) is 0 Å². The number of piperidine rings is 2. The van der Waals surface area contributed by atoms with Crippen LogP contribution in [0.5, 0.6) is 5.88 Å². The van der Waals surface area contributed by atoms with Gasteiger partial charge in [-0.05, 0) is 65.3 Å². The lowest BCUT2D eigenvalue weighted by atomic mass is 10.1. The van der Waals surface area contributed by atoms with E-state index in [1.54, 1.807) is 9.80 Å². The van der Waals surface area contributed by atoms with E-state index >= 15 is 0 Å². The van der Waals surface area contributed by atoms with Crippen molar-refractivity contribution < 1.29 is 23.8 Å². The Morgan fingerprint density at radius 1 is 1.05 bits per heavy atom. The average Bonchev–Trinajstić information content (AvgIpc) is 3.58. The zero-order valence-corrected chi connectivity index (χ0v) is 25.0. The van der Waals surface area contributed by atoms with Gasteiger partial charge >= 0.3 is 12.2 Å². The second kappa shape index (κ2) is 12.3. The Morgan fingerprint density at radius 2 is 1.83 bits per heavy atom. The molecular formula is C29H45N7O5. The Labute approximate surface area is 242 Å². The van der Waals surface area contributed by atoms with E-state index in [-0.39, 0.29) is 36.4 Å². The number of hydrogen-bond donors (Lipinski definition) is 2. The normalized spacial score (nSPS) is 22.3. The minimum absolute atomic E-state index is 0.0304. The number of carbonyl (C=O) groups excluding carboxylic acids is 2. The summed E-state index contributed by atoms with van der Waals surface area (Å²) in [6.45, 7) is 13.9. The molecular weight excluding hydrogens is 526 g/mol. The molecule has 12 heteroatoms. The van der Waals surface area contributed by atoms with E-state index in [0.717, 1.165) is 62.2 Å². The molecule has 1 unspecified atom stereocenters. The van der Waals surface area contributed by atoms with Crippen LogP contribution in [-0.2, 0) is 9.47 Å². The number of likely N-dealkylation sites (tertiary alicyclic amines) is 2. The van der Waals surface area contributed by atoms with Crippen LogP contribution in [0.1, 0.15) is 78.2 Å². The Kier molecular flexibility index (Phi) is 8.77. The van der Waals surface area contributed by atoms with E-state index in [1.807, 2.05) is 37.5 Å². The van der Waals surface area contributed by atoms with Gasteiger partial charge in [0, 0.05) is 43.9 Å². The number of carbonyl (C=O) groups is 2. The number of anilines is 1. The first-order valence-electron chi connectivity index (χ1n) is 15.0. The molecule has 0 spiro atoms. The molecule has 3 aliphatic heterocycles. The molecule has 3 saturated heterocycles. The first kappa shape index (κ1) is 29.2. The quantitative estimate of drug-likeness (QED) is 0.530. The second-order valence-corrected chi connectivity index (χ2v) is 12.7. The van der Waals surface area contributed by atoms with Gasteiger partial charge in [0.05, 0.1) is 12.7 Å². The summed E-state index contributed by atoms with van der Waals surface area (Å²) in [5.74, 6) is 1.55. The molecule has 2 amide bonds. The molecule has 2 aromatic heterocycles. The van der Waals surface area contributed by atoms with E-state index in [9.17, 15) is 9.59 Å². The molecule has 2 N–H and O–H groups in total. The molecule has 0 aliphatic carbocycles. The topological polar surface area (TPSA) is 123 Å². The van der Waals surface area contributed by atoms with E-state index in [2.05, 4.69) is 29.6 Å². The number of amides is 2. The maximum absolute atomic E-state index is 12.7. The zero-order valence-electron chi connectivity index (χ0n) is 25.0. The molecule has 226 valence electrons. The number of nitrogens with zero attached hydrogens (tertiary/aromatic N) is 5. The Hall–Kier alpha value is -3.28. The van der Waals surface area contributed by atoms with Gasteiger partial charge in [0.2, 0.25) is 5.88 Å². The third kappa shape index (κ3) is 7.33. The van der Waals surface area contributed by atoms with Crippen molar-refractivity contribution >= 4 is 23.7 Å². The van der Waals surface area contributed by atoms with Gasteiger partial charge in [0.1, 0.15) is 23.6 Å². The summed E-state index contributed by atoms with van der Waals surface area (Å²) < 4.78 is 19.5. The van der Waals surface area contributed by atoms with E-state index < -0.39 is 5.60 Å². The van der Waals surface area contributed by atoms with Crippen LogP contribution in [0.2, 0.25) is 0 Å².